The summed E-state index contributed by atoms with van der Waals surface area (Å²) in [5, 5.41) is 3.03. The molecule has 104 valence electrons. The molecule has 4 heteroatoms. The Kier molecular flexibility index (Phi) is 5.01. The Hall–Kier alpha value is -0.610. The monoisotopic (exact) mass is 253 g/mol. The first-order valence-corrected chi connectivity index (χ1v) is 7.39. The van der Waals surface area contributed by atoms with E-state index in [4.69, 9.17) is 0 Å². The number of nitrogens with zero attached hydrogens (tertiary/aromatic N) is 2. The third kappa shape index (κ3) is 3.45. The Balaban J connectivity index is 1.72. The highest BCUT2D eigenvalue weighted by molar-refractivity contribution is 5.81. The largest absolute Gasteiger partial charge is 0.341 e. The minimum Gasteiger partial charge on any atom is -0.341 e. The molecule has 2 aliphatic heterocycles. The van der Waals surface area contributed by atoms with Crippen LogP contribution in [0.25, 0.3) is 0 Å². The fraction of sp³-hybridized carbons (Fsp3) is 0.929. The number of rotatable bonds is 4. The summed E-state index contributed by atoms with van der Waals surface area (Å²) in [6.45, 7) is 7.67. The number of amides is 1. The average Bonchev–Trinajstić information content (AvgIpc) is 2.91. The number of likely N-dealkylation sites (N-methyl/N-ethyl adjacent to an activating group) is 1. The van der Waals surface area contributed by atoms with E-state index in [1.165, 1.54) is 45.3 Å². The van der Waals surface area contributed by atoms with Crippen LogP contribution in [0, 0.1) is 5.92 Å². The molecule has 1 unspecified atom stereocenters. The molecule has 0 aromatic rings. The molecule has 1 amide bonds. The fourth-order valence-electron chi connectivity index (χ4n) is 3.06. The summed E-state index contributed by atoms with van der Waals surface area (Å²) in [7, 11) is 1.85. The second kappa shape index (κ2) is 6.53. The van der Waals surface area contributed by atoms with Crippen molar-refractivity contribution in [2.75, 3.05) is 39.8 Å². The van der Waals surface area contributed by atoms with Crippen molar-refractivity contribution >= 4 is 5.91 Å². The first kappa shape index (κ1) is 13.8. The van der Waals surface area contributed by atoms with Gasteiger partial charge in [0.2, 0.25) is 5.91 Å². The topological polar surface area (TPSA) is 35.6 Å². The molecule has 0 aromatic carbocycles. The molecule has 0 bridgehead atoms. The van der Waals surface area contributed by atoms with Gasteiger partial charge in [0, 0.05) is 19.6 Å². The van der Waals surface area contributed by atoms with Crippen molar-refractivity contribution < 1.29 is 4.79 Å². The standard InChI is InChI=1S/C14H27N3O/c1-12(15-2)14(18)17-9-5-13(6-10-17)11-16-7-3-4-8-16/h12-13,15H,3-11H2,1-2H3. The van der Waals surface area contributed by atoms with E-state index in [-0.39, 0.29) is 11.9 Å². The van der Waals surface area contributed by atoms with Crippen molar-refractivity contribution in [2.24, 2.45) is 5.92 Å². The molecular formula is C14H27N3O. The Labute approximate surface area is 111 Å². The van der Waals surface area contributed by atoms with E-state index in [1.54, 1.807) is 0 Å². The molecule has 1 atom stereocenters. The van der Waals surface area contributed by atoms with Crippen molar-refractivity contribution in [2.45, 2.75) is 38.6 Å². The molecule has 18 heavy (non-hydrogen) atoms. The van der Waals surface area contributed by atoms with Gasteiger partial charge in [0.15, 0.2) is 0 Å². The van der Waals surface area contributed by atoms with Crippen LogP contribution in [0.1, 0.15) is 32.6 Å². The summed E-state index contributed by atoms with van der Waals surface area (Å²) in [6, 6.07) is -0.0415. The van der Waals surface area contributed by atoms with Crippen molar-refractivity contribution in [3.63, 3.8) is 0 Å². The number of piperidine rings is 1. The lowest BCUT2D eigenvalue weighted by Crippen LogP contribution is -2.47. The number of nitrogens with one attached hydrogen (secondary N) is 1. The van der Waals surface area contributed by atoms with Crippen LogP contribution in [0.3, 0.4) is 0 Å². The lowest BCUT2D eigenvalue weighted by molar-refractivity contribution is -0.134. The van der Waals surface area contributed by atoms with Gasteiger partial charge in [-0.05, 0) is 58.7 Å². The van der Waals surface area contributed by atoms with Crippen LogP contribution in [0.2, 0.25) is 0 Å². The second-order valence-electron chi connectivity index (χ2n) is 5.79. The Morgan fingerprint density at radius 3 is 2.39 bits per heavy atom. The molecule has 0 aliphatic carbocycles. The van der Waals surface area contributed by atoms with Crippen LogP contribution in [-0.4, -0.2) is 61.5 Å². The van der Waals surface area contributed by atoms with Crippen LogP contribution in [0.4, 0.5) is 0 Å². The van der Waals surface area contributed by atoms with Crippen LogP contribution in [0.5, 0.6) is 0 Å². The van der Waals surface area contributed by atoms with Gasteiger partial charge in [-0.2, -0.15) is 0 Å². The quantitative estimate of drug-likeness (QED) is 0.809. The maximum absolute atomic E-state index is 12.0. The van der Waals surface area contributed by atoms with Gasteiger partial charge in [-0.15, -0.1) is 0 Å². The predicted octanol–water partition coefficient (Wildman–Crippen LogP) is 0.929. The molecule has 0 spiro atoms. The SMILES string of the molecule is CNC(C)C(=O)N1CCC(CN2CCCC2)CC1. The van der Waals surface area contributed by atoms with E-state index in [0.717, 1.165) is 19.0 Å². The third-order valence-corrected chi connectivity index (χ3v) is 4.44. The molecular weight excluding hydrogens is 226 g/mol. The van der Waals surface area contributed by atoms with Crippen molar-refractivity contribution in [1.82, 2.24) is 15.1 Å². The van der Waals surface area contributed by atoms with Crippen LogP contribution in [-0.2, 0) is 4.79 Å². The normalized spacial score (nSPS) is 24.4. The third-order valence-electron chi connectivity index (χ3n) is 4.44. The maximum Gasteiger partial charge on any atom is 0.239 e. The highest BCUT2D eigenvalue weighted by Crippen LogP contribution is 2.21. The Morgan fingerprint density at radius 2 is 1.83 bits per heavy atom. The lowest BCUT2D eigenvalue weighted by atomic mass is 9.96. The van der Waals surface area contributed by atoms with E-state index in [9.17, 15) is 4.79 Å². The summed E-state index contributed by atoms with van der Waals surface area (Å²) in [5.74, 6) is 1.06. The van der Waals surface area contributed by atoms with Gasteiger partial charge in [0.05, 0.1) is 6.04 Å². The minimum absolute atomic E-state index is 0.0415. The molecule has 0 radical (unpaired) electrons. The smallest absolute Gasteiger partial charge is 0.239 e. The number of likely N-dealkylation sites (tertiary alicyclic amines) is 2. The summed E-state index contributed by atoms with van der Waals surface area (Å²) < 4.78 is 0. The number of carbonyl (C=O) groups excluding carboxylic acids is 1. The molecule has 2 aliphatic rings. The molecule has 2 saturated heterocycles. The van der Waals surface area contributed by atoms with Crippen molar-refractivity contribution in [3.8, 4) is 0 Å². The zero-order valence-corrected chi connectivity index (χ0v) is 11.8. The van der Waals surface area contributed by atoms with Gasteiger partial charge >= 0.3 is 0 Å². The van der Waals surface area contributed by atoms with Gasteiger partial charge in [0.1, 0.15) is 0 Å². The van der Waals surface area contributed by atoms with Crippen LogP contribution < -0.4 is 5.32 Å². The number of carbonyl (C=O) groups is 1. The van der Waals surface area contributed by atoms with Crippen LogP contribution in [0.15, 0.2) is 0 Å². The second-order valence-corrected chi connectivity index (χ2v) is 5.79. The van der Waals surface area contributed by atoms with Gasteiger partial charge in [0.25, 0.3) is 0 Å². The lowest BCUT2D eigenvalue weighted by Gasteiger charge is -2.35. The van der Waals surface area contributed by atoms with Crippen LogP contribution >= 0.6 is 0 Å². The van der Waals surface area contributed by atoms with Gasteiger partial charge < -0.3 is 15.1 Å². The maximum atomic E-state index is 12.0. The molecule has 2 fully saturated rings. The minimum atomic E-state index is -0.0415. The van der Waals surface area contributed by atoms with Crippen molar-refractivity contribution in [1.29, 1.82) is 0 Å². The molecule has 4 nitrogen and oxygen atoms in total. The summed E-state index contributed by atoms with van der Waals surface area (Å²) in [5.41, 5.74) is 0. The first-order valence-electron chi connectivity index (χ1n) is 7.39. The molecule has 2 heterocycles. The number of hydrogen-bond donors (Lipinski definition) is 1. The zero-order valence-electron chi connectivity index (χ0n) is 11.8. The Bertz CT molecular complexity index is 268. The average molecular weight is 253 g/mol. The van der Waals surface area contributed by atoms with E-state index in [2.05, 4.69) is 10.2 Å². The van der Waals surface area contributed by atoms with E-state index in [1.807, 2.05) is 18.9 Å². The van der Waals surface area contributed by atoms with E-state index in [0.29, 0.717) is 0 Å². The highest BCUT2D eigenvalue weighted by atomic mass is 16.2. The molecule has 0 aromatic heterocycles. The fourth-order valence-corrected chi connectivity index (χ4v) is 3.06. The summed E-state index contributed by atoms with van der Waals surface area (Å²) >= 11 is 0. The van der Waals surface area contributed by atoms with Crippen molar-refractivity contribution in [3.05, 3.63) is 0 Å². The molecule has 0 saturated carbocycles. The van der Waals surface area contributed by atoms with E-state index < -0.39 is 0 Å². The molecule has 2 rings (SSSR count). The summed E-state index contributed by atoms with van der Waals surface area (Å²) in [4.78, 5) is 16.7. The molecule has 1 N–H and O–H groups in total. The Morgan fingerprint density at radius 1 is 1.22 bits per heavy atom. The zero-order chi connectivity index (χ0) is 13.0. The predicted molar refractivity (Wildman–Crippen MR) is 73.5 cm³/mol. The van der Waals surface area contributed by atoms with E-state index >= 15 is 0 Å². The summed E-state index contributed by atoms with van der Waals surface area (Å²) in [6.07, 6.45) is 5.10. The van der Waals surface area contributed by atoms with Gasteiger partial charge in [-0.25, -0.2) is 0 Å². The first-order chi connectivity index (χ1) is 8.70. The number of hydrogen-bond acceptors (Lipinski definition) is 3. The van der Waals surface area contributed by atoms with Gasteiger partial charge in [-0.1, -0.05) is 0 Å². The van der Waals surface area contributed by atoms with Gasteiger partial charge in [-0.3, -0.25) is 4.79 Å². The highest BCUT2D eigenvalue weighted by Gasteiger charge is 2.26.